The summed E-state index contributed by atoms with van der Waals surface area (Å²) in [6, 6.07) is 21.4. The Morgan fingerprint density at radius 2 is 0.671 bits per heavy atom. The van der Waals surface area contributed by atoms with Crippen LogP contribution in [0.15, 0.2) is 58.8 Å². The van der Waals surface area contributed by atoms with Crippen molar-refractivity contribution in [1.29, 1.82) is 10.5 Å². The first-order valence-electron chi connectivity index (χ1n) is 27.4. The predicted molar refractivity (Wildman–Crippen MR) is 311 cm³/mol. The molecule has 6 aliphatic rings. The van der Waals surface area contributed by atoms with E-state index in [1.165, 1.54) is 33.4 Å². The van der Waals surface area contributed by atoms with E-state index in [2.05, 4.69) is 120 Å². The van der Waals surface area contributed by atoms with Crippen LogP contribution in [0.3, 0.4) is 0 Å². The molecule has 4 aliphatic carbocycles. The van der Waals surface area contributed by atoms with Gasteiger partial charge in [0.25, 0.3) is 0 Å². The number of hydrogen-bond donors (Lipinski definition) is 4. The zero-order chi connectivity index (χ0) is 59.3. The van der Waals surface area contributed by atoms with Gasteiger partial charge in [-0.05, 0) is 190 Å². The normalized spacial score (nSPS) is 20.7. The van der Waals surface area contributed by atoms with Crippen LogP contribution in [0, 0.1) is 50.4 Å². The van der Waals surface area contributed by atoms with Gasteiger partial charge in [0.2, 0.25) is 0 Å². The van der Waals surface area contributed by atoms with Crippen molar-refractivity contribution >= 4 is 11.7 Å². The molecule has 2 aliphatic heterocycles. The number of fused-ring (bicyclic) bond motifs is 12. The van der Waals surface area contributed by atoms with Gasteiger partial charge in [0.1, 0.15) is 23.3 Å². The van der Waals surface area contributed by atoms with Crippen LogP contribution < -0.4 is 49.4 Å². The first-order valence-corrected chi connectivity index (χ1v) is 27.4. The number of hydrogen-bond acceptors (Lipinski definition) is 14. The molecule has 0 saturated heterocycles. The molecule has 2 heterocycles. The number of ether oxygens (including phenoxy) is 8. The minimum absolute atomic E-state index is 0.0866. The van der Waals surface area contributed by atoms with Gasteiger partial charge >= 0.3 is 0 Å². The fourth-order valence-corrected chi connectivity index (χ4v) is 15.3. The smallest absolute Gasteiger partial charge is 0.189 e. The number of oxime groups is 2. The molecule has 6 aromatic carbocycles. The van der Waals surface area contributed by atoms with Crippen LogP contribution in [0.5, 0.6) is 69.0 Å². The van der Waals surface area contributed by atoms with E-state index in [1.807, 2.05) is 19.9 Å². The molecule has 16 heteroatoms. The number of nitriles is 2. The molecule has 82 heavy (non-hydrogen) atoms. The maximum absolute atomic E-state index is 9.97. The van der Waals surface area contributed by atoms with Gasteiger partial charge in [0, 0.05) is 10.8 Å². The quantitative estimate of drug-likeness (QED) is 0.0524. The molecule has 0 amide bonds. The van der Waals surface area contributed by atoms with Crippen molar-refractivity contribution in [2.45, 2.75) is 141 Å². The molecule has 12 rings (SSSR count). The molecule has 0 bridgehead atoms. The van der Waals surface area contributed by atoms with E-state index in [4.69, 9.17) is 49.4 Å². The zero-order valence-corrected chi connectivity index (χ0v) is 49.6. The van der Waals surface area contributed by atoms with E-state index in [-0.39, 0.29) is 55.7 Å². The number of methoxy groups -OCH3 is 4. The van der Waals surface area contributed by atoms with Crippen LogP contribution in [-0.4, -0.2) is 50.5 Å². The van der Waals surface area contributed by atoms with Crippen LogP contribution in [0.4, 0.5) is 0 Å². The van der Waals surface area contributed by atoms with E-state index < -0.39 is 0 Å². The lowest BCUT2D eigenvalue weighted by Crippen LogP contribution is -2.27. The molecule has 2 atom stereocenters. The summed E-state index contributed by atoms with van der Waals surface area (Å²) in [5, 5.41) is 45.6. The van der Waals surface area contributed by atoms with Gasteiger partial charge in [-0.25, -0.2) is 0 Å². The molecule has 0 radical (unpaired) electrons. The molecule has 6 aromatic rings. The average Bonchev–Trinajstić information content (AvgIpc) is 1.63. The second kappa shape index (κ2) is 18.4. The first-order chi connectivity index (χ1) is 38.7. The minimum atomic E-state index is -0.313. The van der Waals surface area contributed by atoms with Gasteiger partial charge in [-0.2, -0.15) is 10.5 Å². The summed E-state index contributed by atoms with van der Waals surface area (Å²) in [5.41, 5.74) is 25.2. The highest BCUT2D eigenvalue weighted by molar-refractivity contribution is 6.08. The Balaban J connectivity index is 0.000000173. The highest BCUT2D eigenvalue weighted by atomic mass is 16.6. The topological polar surface area (TPSA) is 239 Å². The molecule has 2 unspecified atom stereocenters. The zero-order valence-electron chi connectivity index (χ0n) is 49.6. The van der Waals surface area contributed by atoms with Crippen LogP contribution >= 0.6 is 0 Å². The van der Waals surface area contributed by atoms with Crippen molar-refractivity contribution < 1.29 is 48.3 Å². The Hall–Kier alpha value is -8.76. The molecule has 16 nitrogen and oxygen atoms in total. The molecule has 2 spiro atoms. The van der Waals surface area contributed by atoms with Gasteiger partial charge in [0.15, 0.2) is 80.7 Å². The van der Waals surface area contributed by atoms with E-state index in [0.29, 0.717) is 79.4 Å². The Morgan fingerprint density at radius 1 is 0.427 bits per heavy atom. The summed E-state index contributed by atoms with van der Waals surface area (Å²) in [4.78, 5) is 0. The summed E-state index contributed by atoms with van der Waals surface area (Å²) < 4.78 is 48.8. The van der Waals surface area contributed by atoms with E-state index in [0.717, 1.165) is 59.4 Å². The monoisotopic (exact) mass is 1110 g/mol. The fourth-order valence-electron chi connectivity index (χ4n) is 15.3. The summed E-state index contributed by atoms with van der Waals surface area (Å²) >= 11 is 0. The van der Waals surface area contributed by atoms with E-state index in [9.17, 15) is 20.9 Å². The summed E-state index contributed by atoms with van der Waals surface area (Å²) in [6.45, 7) is 25.5. The Labute approximate surface area is 478 Å². The highest BCUT2D eigenvalue weighted by Crippen LogP contribution is 2.68. The second-order valence-electron chi connectivity index (χ2n) is 25.5. The van der Waals surface area contributed by atoms with Gasteiger partial charge in [-0.1, -0.05) is 65.7 Å². The van der Waals surface area contributed by atoms with Gasteiger partial charge < -0.3 is 59.8 Å². The number of nitrogens with zero attached hydrogens (tertiary/aromatic N) is 4. The number of benzene rings is 6. The standard InChI is InChI=1S/C33H38N4O6.C33H32N2O4/c1-15-16(2)26(30(35)37-39)28-27(25(15)29(34)36-38)42-23-10-18-20(12-24(23)43-28)33(14-32(18,5)6)13-31(3,4)17-9-21(40-7)22(41-8)11-19(17)33;1-17-18(2)20(14-35)30-29(19(17)13-34)38-27-10-22-24(12-28(27)39-30)33(16-32(22,5)6)15-31(3,4)21-9-25(36-7)26(37-8)11-23(21)33/h9-12,38-39H,13-14H2,1-8H3,(H2,34,36)(H2,35,37);9-12H,15-16H2,1-8H3. The summed E-state index contributed by atoms with van der Waals surface area (Å²) in [6.07, 6.45) is 3.61. The average molecular weight is 1110 g/mol. The van der Waals surface area contributed by atoms with Crippen molar-refractivity contribution in [3.05, 3.63) is 138 Å². The summed E-state index contributed by atoms with van der Waals surface area (Å²) in [7, 11) is 6.67. The largest absolute Gasteiger partial charge is 0.493 e. The molecular formula is C66H70N6O10. The molecule has 6 N–H and O–H groups in total. The van der Waals surface area contributed by atoms with Gasteiger partial charge in [-0.3, -0.25) is 0 Å². The van der Waals surface area contributed by atoms with Gasteiger partial charge in [0.05, 0.1) is 39.6 Å². The van der Waals surface area contributed by atoms with Gasteiger partial charge in [-0.15, -0.1) is 0 Å². The fraction of sp³-hybridized carbons (Fsp3) is 0.394. The molecule has 424 valence electrons. The summed E-state index contributed by atoms with van der Waals surface area (Å²) in [5.74, 6) is 5.83. The third-order valence-corrected chi connectivity index (χ3v) is 18.9. The van der Waals surface area contributed by atoms with Crippen LogP contribution in [0.25, 0.3) is 0 Å². The maximum atomic E-state index is 9.97. The predicted octanol–water partition coefficient (Wildman–Crippen LogP) is 13.7. The lowest BCUT2D eigenvalue weighted by atomic mass is 9.72. The minimum Gasteiger partial charge on any atom is -0.493 e. The first kappa shape index (κ1) is 55.2. The van der Waals surface area contributed by atoms with E-state index >= 15 is 0 Å². The molecule has 0 saturated carbocycles. The van der Waals surface area contributed by atoms with Crippen molar-refractivity contribution in [1.82, 2.24) is 0 Å². The van der Waals surface area contributed by atoms with Crippen molar-refractivity contribution in [2.75, 3.05) is 28.4 Å². The number of rotatable bonds is 6. The Kier molecular flexibility index (Phi) is 12.4. The van der Waals surface area contributed by atoms with Crippen molar-refractivity contribution in [3.8, 4) is 81.1 Å². The maximum Gasteiger partial charge on any atom is 0.189 e. The lowest BCUT2D eigenvalue weighted by molar-refractivity contribution is 0.316. The second-order valence-corrected chi connectivity index (χ2v) is 25.5. The SMILES string of the molecule is COc1cc2c(cc1OC)C1(CC2(C)C)CC(C)(C)c2cc3c(cc21)Oc1c(C#N)c(C)c(C)c(C#N)c1O3.COc1cc2c(cc1OC)C1(CC2(C)C)CC(C)(C)c2cc3c(cc21)Oc1c(c(/C(N)=N/O)c(C)c(C)c1/C(N)=N/O)O3. The molecular weight excluding hydrogens is 1040 g/mol. The van der Waals surface area contributed by atoms with Crippen LogP contribution in [0.1, 0.15) is 170 Å². The third kappa shape index (κ3) is 7.59. The number of nitrogens with two attached hydrogens (primary N) is 2. The van der Waals surface area contributed by atoms with E-state index in [1.54, 1.807) is 42.3 Å². The Morgan fingerprint density at radius 3 is 0.939 bits per heavy atom. The van der Waals surface area contributed by atoms with Crippen LogP contribution in [0.2, 0.25) is 0 Å². The molecule has 0 aromatic heterocycles. The van der Waals surface area contributed by atoms with Crippen LogP contribution in [-0.2, 0) is 32.5 Å². The third-order valence-electron chi connectivity index (χ3n) is 18.9. The van der Waals surface area contributed by atoms with Crippen molar-refractivity contribution in [3.63, 3.8) is 0 Å². The number of amidine groups is 2. The van der Waals surface area contributed by atoms with Crippen molar-refractivity contribution in [2.24, 2.45) is 21.8 Å². The highest BCUT2D eigenvalue weighted by Gasteiger charge is 2.59. The Bertz CT molecular complexity index is 3970. The molecule has 0 fully saturated rings. The lowest BCUT2D eigenvalue weighted by Gasteiger charge is -2.31.